The van der Waals surface area contributed by atoms with Crippen molar-refractivity contribution in [2.45, 2.75) is 39.2 Å². The first kappa shape index (κ1) is 13.0. The van der Waals surface area contributed by atoms with Crippen molar-refractivity contribution in [1.29, 1.82) is 5.26 Å². The van der Waals surface area contributed by atoms with Gasteiger partial charge in [-0.1, -0.05) is 13.8 Å². The summed E-state index contributed by atoms with van der Waals surface area (Å²) < 4.78 is 5.23. The molecule has 90 valence electrons. The zero-order chi connectivity index (χ0) is 12.2. The molecule has 1 atom stereocenters. The minimum absolute atomic E-state index is 0.0282. The van der Waals surface area contributed by atoms with Crippen LogP contribution in [0.15, 0.2) is 0 Å². The Kier molecular flexibility index (Phi) is 4.31. The molecule has 1 heterocycles. The zero-order valence-corrected chi connectivity index (χ0v) is 10.3. The van der Waals surface area contributed by atoms with E-state index in [4.69, 9.17) is 4.74 Å². The summed E-state index contributed by atoms with van der Waals surface area (Å²) in [6, 6.07) is 2.19. The van der Waals surface area contributed by atoms with Gasteiger partial charge in [0, 0.05) is 20.2 Å². The molecule has 1 unspecified atom stereocenters. The van der Waals surface area contributed by atoms with Gasteiger partial charge in [0.15, 0.2) is 0 Å². The normalized spacial score (nSPS) is 20.9. The van der Waals surface area contributed by atoms with Gasteiger partial charge in [0.25, 0.3) is 0 Å². The average molecular weight is 224 g/mol. The number of likely N-dealkylation sites (tertiary alicyclic amines) is 1. The van der Waals surface area contributed by atoms with Gasteiger partial charge in [-0.2, -0.15) is 5.26 Å². The minimum atomic E-state index is -0.831. The number of rotatable bonds is 4. The van der Waals surface area contributed by atoms with Gasteiger partial charge in [-0.05, 0) is 19.3 Å². The van der Waals surface area contributed by atoms with Crippen molar-refractivity contribution in [1.82, 2.24) is 4.90 Å². The lowest BCUT2D eigenvalue weighted by Crippen LogP contribution is -2.42. The summed E-state index contributed by atoms with van der Waals surface area (Å²) in [4.78, 5) is 14.0. The second-order valence-electron chi connectivity index (χ2n) is 4.30. The standard InChI is InChI=1S/C12H20N2O2/c1-4-12(5-2,9-13)11(15)14-7-6-10(8-14)16-3/h10H,4-8H2,1-3H3. The Morgan fingerprint density at radius 2 is 2.19 bits per heavy atom. The molecule has 1 saturated heterocycles. The highest BCUT2D eigenvalue weighted by atomic mass is 16.5. The number of ether oxygens (including phenoxy) is 1. The van der Waals surface area contributed by atoms with Crippen molar-refractivity contribution in [2.75, 3.05) is 20.2 Å². The van der Waals surface area contributed by atoms with Crippen LogP contribution in [0.1, 0.15) is 33.1 Å². The van der Waals surface area contributed by atoms with E-state index in [1.165, 1.54) is 0 Å². The summed E-state index contributed by atoms with van der Waals surface area (Å²) in [5, 5.41) is 9.20. The van der Waals surface area contributed by atoms with E-state index in [-0.39, 0.29) is 12.0 Å². The number of carbonyl (C=O) groups excluding carboxylic acids is 1. The van der Waals surface area contributed by atoms with Crippen molar-refractivity contribution in [3.63, 3.8) is 0 Å². The Morgan fingerprint density at radius 1 is 1.56 bits per heavy atom. The van der Waals surface area contributed by atoms with E-state index in [9.17, 15) is 10.1 Å². The smallest absolute Gasteiger partial charge is 0.243 e. The van der Waals surface area contributed by atoms with Gasteiger partial charge in [0.05, 0.1) is 12.2 Å². The molecule has 0 bridgehead atoms. The molecular formula is C12H20N2O2. The van der Waals surface area contributed by atoms with Crippen molar-refractivity contribution in [3.05, 3.63) is 0 Å². The lowest BCUT2D eigenvalue weighted by molar-refractivity contribution is -0.138. The Hall–Kier alpha value is -1.08. The van der Waals surface area contributed by atoms with Crippen LogP contribution in [-0.2, 0) is 9.53 Å². The summed E-state index contributed by atoms with van der Waals surface area (Å²) in [6.07, 6.45) is 2.16. The van der Waals surface area contributed by atoms with Gasteiger partial charge in [-0.25, -0.2) is 0 Å². The number of carbonyl (C=O) groups is 1. The first-order chi connectivity index (χ1) is 7.63. The van der Waals surface area contributed by atoms with Gasteiger partial charge in [-0.15, -0.1) is 0 Å². The SMILES string of the molecule is CCC(C#N)(CC)C(=O)N1CCC(OC)C1. The van der Waals surface area contributed by atoms with Crippen LogP contribution in [0.2, 0.25) is 0 Å². The summed E-state index contributed by atoms with van der Waals surface area (Å²) >= 11 is 0. The van der Waals surface area contributed by atoms with Gasteiger partial charge < -0.3 is 9.64 Å². The molecule has 1 aliphatic heterocycles. The second-order valence-corrected chi connectivity index (χ2v) is 4.30. The molecular weight excluding hydrogens is 204 g/mol. The fourth-order valence-corrected chi connectivity index (χ4v) is 2.17. The van der Waals surface area contributed by atoms with E-state index in [0.29, 0.717) is 25.9 Å². The Labute approximate surface area is 97.2 Å². The van der Waals surface area contributed by atoms with Crippen LogP contribution in [0.4, 0.5) is 0 Å². The molecule has 0 N–H and O–H groups in total. The molecule has 16 heavy (non-hydrogen) atoms. The van der Waals surface area contributed by atoms with E-state index in [1.54, 1.807) is 12.0 Å². The Balaban J connectivity index is 2.74. The maximum absolute atomic E-state index is 12.3. The third-order valence-corrected chi connectivity index (χ3v) is 3.60. The molecule has 4 heteroatoms. The van der Waals surface area contributed by atoms with Crippen LogP contribution < -0.4 is 0 Å². The summed E-state index contributed by atoms with van der Waals surface area (Å²) in [7, 11) is 1.66. The Bertz CT molecular complexity index is 292. The quantitative estimate of drug-likeness (QED) is 0.728. The lowest BCUT2D eigenvalue weighted by Gasteiger charge is -2.28. The molecule has 4 nitrogen and oxygen atoms in total. The summed E-state index contributed by atoms with van der Waals surface area (Å²) in [6.45, 7) is 5.13. The molecule has 0 radical (unpaired) electrons. The topological polar surface area (TPSA) is 53.3 Å². The van der Waals surface area contributed by atoms with E-state index in [2.05, 4.69) is 6.07 Å². The third-order valence-electron chi connectivity index (χ3n) is 3.60. The second kappa shape index (κ2) is 5.31. The van der Waals surface area contributed by atoms with Crippen LogP contribution in [0, 0.1) is 16.7 Å². The maximum atomic E-state index is 12.3. The third kappa shape index (κ3) is 2.19. The summed E-state index contributed by atoms with van der Waals surface area (Å²) in [5.41, 5.74) is -0.831. The number of amides is 1. The molecule has 0 aromatic heterocycles. The predicted octanol–water partition coefficient (Wildman–Crippen LogP) is 1.56. The predicted molar refractivity (Wildman–Crippen MR) is 60.6 cm³/mol. The Morgan fingerprint density at radius 3 is 2.56 bits per heavy atom. The van der Waals surface area contributed by atoms with E-state index >= 15 is 0 Å². The molecule has 0 saturated carbocycles. The van der Waals surface area contributed by atoms with Gasteiger partial charge in [-0.3, -0.25) is 4.79 Å². The fraction of sp³-hybridized carbons (Fsp3) is 0.833. The van der Waals surface area contributed by atoms with E-state index in [1.807, 2.05) is 13.8 Å². The number of nitrogens with zero attached hydrogens (tertiary/aromatic N) is 2. The van der Waals surface area contributed by atoms with Gasteiger partial charge in [0.2, 0.25) is 5.91 Å². The lowest BCUT2D eigenvalue weighted by atomic mass is 9.82. The summed E-state index contributed by atoms with van der Waals surface area (Å²) in [5.74, 6) is -0.0282. The molecule has 1 amide bonds. The number of nitriles is 1. The van der Waals surface area contributed by atoms with Crippen LogP contribution >= 0.6 is 0 Å². The zero-order valence-electron chi connectivity index (χ0n) is 10.3. The number of hydrogen-bond donors (Lipinski definition) is 0. The number of methoxy groups -OCH3 is 1. The molecule has 0 aromatic carbocycles. The highest BCUT2D eigenvalue weighted by Gasteiger charge is 2.40. The van der Waals surface area contributed by atoms with Crippen LogP contribution in [-0.4, -0.2) is 37.1 Å². The van der Waals surface area contributed by atoms with Gasteiger partial charge in [0.1, 0.15) is 5.41 Å². The minimum Gasteiger partial charge on any atom is -0.380 e. The molecule has 1 fully saturated rings. The van der Waals surface area contributed by atoms with Crippen LogP contribution in [0.3, 0.4) is 0 Å². The molecule has 1 rings (SSSR count). The average Bonchev–Trinajstić information content (AvgIpc) is 2.80. The van der Waals surface area contributed by atoms with Crippen molar-refractivity contribution < 1.29 is 9.53 Å². The first-order valence-corrected chi connectivity index (χ1v) is 5.87. The molecule has 1 aliphatic rings. The monoisotopic (exact) mass is 224 g/mol. The van der Waals surface area contributed by atoms with E-state index in [0.717, 1.165) is 6.42 Å². The highest BCUT2D eigenvalue weighted by Crippen LogP contribution is 2.30. The fourth-order valence-electron chi connectivity index (χ4n) is 2.17. The molecule has 0 aromatic rings. The van der Waals surface area contributed by atoms with Gasteiger partial charge >= 0.3 is 0 Å². The number of hydrogen-bond acceptors (Lipinski definition) is 3. The van der Waals surface area contributed by atoms with Crippen molar-refractivity contribution in [3.8, 4) is 6.07 Å². The van der Waals surface area contributed by atoms with Crippen LogP contribution in [0.25, 0.3) is 0 Å². The first-order valence-electron chi connectivity index (χ1n) is 5.87. The highest BCUT2D eigenvalue weighted by molar-refractivity contribution is 5.85. The maximum Gasteiger partial charge on any atom is 0.243 e. The van der Waals surface area contributed by atoms with E-state index < -0.39 is 5.41 Å². The van der Waals surface area contributed by atoms with Crippen molar-refractivity contribution >= 4 is 5.91 Å². The van der Waals surface area contributed by atoms with Crippen molar-refractivity contribution in [2.24, 2.45) is 5.41 Å². The van der Waals surface area contributed by atoms with Crippen LogP contribution in [0.5, 0.6) is 0 Å². The molecule has 0 aliphatic carbocycles. The molecule has 0 spiro atoms. The largest absolute Gasteiger partial charge is 0.380 e.